The first-order valence-corrected chi connectivity index (χ1v) is 29.5. The first kappa shape index (κ1) is 68.0. The molecule has 412 valence electrons. The summed E-state index contributed by atoms with van der Waals surface area (Å²) in [4.78, 5) is 37.4. The first-order chi connectivity index (χ1) is 34.6. The van der Waals surface area contributed by atoms with Gasteiger partial charge in [-0.15, -0.1) is 0 Å². The molecule has 2 unspecified atom stereocenters. The number of carbonyl (C=O) groups excluding carboxylic acids is 2. The number of carbonyl (C=O) groups is 3. The topological polar surface area (TPSA) is 108 Å². The van der Waals surface area contributed by atoms with Crippen molar-refractivity contribution in [3.8, 4) is 0 Å². The lowest BCUT2D eigenvalue weighted by Gasteiger charge is -2.25. The Hall–Kier alpha value is -3.01. The number of nitrogens with zero attached hydrogens (tertiary/aromatic N) is 1. The number of unbranched alkanes of at least 4 members (excludes halogenated alkanes) is 29. The fraction of sp³-hybridized carbons (Fsp3) is 0.790. The van der Waals surface area contributed by atoms with Gasteiger partial charge in [-0.3, -0.25) is 9.59 Å². The highest BCUT2D eigenvalue weighted by Gasteiger charge is 2.25. The summed E-state index contributed by atoms with van der Waals surface area (Å²) in [6.07, 6.45) is 64.4. The molecule has 0 spiro atoms. The van der Waals surface area contributed by atoms with E-state index in [4.69, 9.17) is 18.9 Å². The Morgan fingerprint density at radius 1 is 0.437 bits per heavy atom. The number of allylic oxidation sites excluding steroid dienone is 10. The van der Waals surface area contributed by atoms with E-state index in [2.05, 4.69) is 74.6 Å². The van der Waals surface area contributed by atoms with Crippen molar-refractivity contribution in [3.05, 3.63) is 60.8 Å². The molecule has 0 heterocycles. The quantitative estimate of drug-likeness (QED) is 0.0211. The molecule has 0 fully saturated rings. The molecule has 0 saturated carbocycles. The SMILES string of the molecule is CC/C=C\C/C=C\C/C=C\C/C=C\C/C=C\CCCCCCCCCC(=O)OC(COC(=O)CCCCCCCCCCCCCCCCCCCCCCCCC)COC(OCC[N+](C)(C)C)C(=O)O. The van der Waals surface area contributed by atoms with Crippen molar-refractivity contribution in [3.63, 3.8) is 0 Å². The van der Waals surface area contributed by atoms with E-state index >= 15 is 0 Å². The lowest BCUT2D eigenvalue weighted by atomic mass is 10.0. The zero-order chi connectivity index (χ0) is 52.0. The maximum atomic E-state index is 12.9. The zero-order valence-corrected chi connectivity index (χ0v) is 46.9. The molecule has 0 amide bonds. The number of esters is 2. The minimum atomic E-state index is -1.51. The summed E-state index contributed by atoms with van der Waals surface area (Å²) in [5.41, 5.74) is 0. The molecule has 0 aromatic carbocycles. The van der Waals surface area contributed by atoms with Gasteiger partial charge in [-0.05, 0) is 57.8 Å². The zero-order valence-electron chi connectivity index (χ0n) is 46.9. The van der Waals surface area contributed by atoms with Crippen molar-refractivity contribution in [2.24, 2.45) is 0 Å². The molecule has 71 heavy (non-hydrogen) atoms. The highest BCUT2D eigenvalue weighted by atomic mass is 16.7. The highest BCUT2D eigenvalue weighted by Crippen LogP contribution is 2.17. The van der Waals surface area contributed by atoms with Crippen LogP contribution >= 0.6 is 0 Å². The van der Waals surface area contributed by atoms with Gasteiger partial charge >= 0.3 is 17.9 Å². The number of carboxylic acids is 1. The molecule has 0 radical (unpaired) electrons. The average molecular weight is 1000 g/mol. The number of ether oxygens (including phenoxy) is 4. The van der Waals surface area contributed by atoms with E-state index in [0.29, 0.717) is 23.9 Å². The van der Waals surface area contributed by atoms with Gasteiger partial charge in [0.15, 0.2) is 6.10 Å². The molecule has 9 nitrogen and oxygen atoms in total. The highest BCUT2D eigenvalue weighted by molar-refractivity contribution is 5.71. The molecule has 9 heteroatoms. The Balaban J connectivity index is 4.25. The van der Waals surface area contributed by atoms with Crippen LogP contribution in [0.4, 0.5) is 0 Å². The molecule has 0 aliphatic heterocycles. The van der Waals surface area contributed by atoms with Gasteiger partial charge in [0.2, 0.25) is 0 Å². The summed E-state index contributed by atoms with van der Waals surface area (Å²) in [5, 5.41) is 9.71. The monoisotopic (exact) mass is 999 g/mol. The molecule has 0 aromatic rings. The van der Waals surface area contributed by atoms with Crippen LogP contribution in [0.2, 0.25) is 0 Å². The summed E-state index contributed by atoms with van der Waals surface area (Å²) in [6.45, 7) is 4.78. The minimum absolute atomic E-state index is 0.184. The van der Waals surface area contributed by atoms with E-state index in [-0.39, 0.29) is 32.2 Å². The molecule has 1 N–H and O–H groups in total. The third kappa shape index (κ3) is 54.6. The van der Waals surface area contributed by atoms with E-state index < -0.39 is 24.3 Å². The van der Waals surface area contributed by atoms with Crippen molar-refractivity contribution >= 4 is 17.9 Å². The fourth-order valence-corrected chi connectivity index (χ4v) is 8.28. The molecule has 0 aromatic heterocycles. The Kier molecular flexibility index (Phi) is 51.0. The molecule has 0 aliphatic rings. The second-order valence-corrected chi connectivity index (χ2v) is 20.9. The van der Waals surface area contributed by atoms with E-state index in [1.165, 1.54) is 148 Å². The van der Waals surface area contributed by atoms with Crippen LogP contribution in [0.25, 0.3) is 0 Å². The number of carboxylic acid groups (broad SMARTS) is 1. The predicted octanol–water partition coefficient (Wildman–Crippen LogP) is 17.2. The summed E-state index contributed by atoms with van der Waals surface area (Å²) in [7, 11) is 5.97. The molecular weight excluding hydrogens is 887 g/mol. The van der Waals surface area contributed by atoms with Gasteiger partial charge < -0.3 is 28.5 Å². The van der Waals surface area contributed by atoms with Crippen LogP contribution in [-0.4, -0.2) is 87.4 Å². The van der Waals surface area contributed by atoms with Crippen LogP contribution < -0.4 is 0 Å². The number of quaternary nitrogens is 1. The van der Waals surface area contributed by atoms with E-state index in [1.54, 1.807) is 0 Å². The van der Waals surface area contributed by atoms with E-state index in [1.807, 2.05) is 21.1 Å². The number of likely N-dealkylation sites (N-methyl/N-ethyl adjacent to an activating group) is 1. The largest absolute Gasteiger partial charge is 0.477 e. The molecular formula is C62H112NO8+. The van der Waals surface area contributed by atoms with E-state index in [0.717, 1.165) is 77.0 Å². The van der Waals surface area contributed by atoms with Crippen LogP contribution in [-0.2, 0) is 33.3 Å². The third-order valence-corrected chi connectivity index (χ3v) is 12.8. The van der Waals surface area contributed by atoms with Crippen LogP contribution in [0.1, 0.15) is 258 Å². The summed E-state index contributed by atoms with van der Waals surface area (Å²) < 4.78 is 22.9. The number of aliphatic carboxylic acids is 1. The van der Waals surface area contributed by atoms with Crippen LogP contribution in [0.15, 0.2) is 60.8 Å². The lowest BCUT2D eigenvalue weighted by Crippen LogP contribution is -2.40. The third-order valence-electron chi connectivity index (χ3n) is 12.8. The Bertz CT molecular complexity index is 1350. The molecule has 0 saturated heterocycles. The van der Waals surface area contributed by atoms with Crippen molar-refractivity contribution < 1.29 is 42.9 Å². The average Bonchev–Trinajstić information content (AvgIpc) is 3.34. The summed E-state index contributed by atoms with van der Waals surface area (Å²) in [6, 6.07) is 0. The number of hydrogen-bond acceptors (Lipinski definition) is 7. The Morgan fingerprint density at radius 3 is 1.20 bits per heavy atom. The smallest absolute Gasteiger partial charge is 0.361 e. The van der Waals surface area contributed by atoms with Gasteiger partial charge in [0.25, 0.3) is 6.29 Å². The normalized spacial score (nSPS) is 13.2. The molecule has 2 atom stereocenters. The Morgan fingerprint density at radius 2 is 0.803 bits per heavy atom. The van der Waals surface area contributed by atoms with Crippen molar-refractivity contribution in [2.75, 3.05) is 47.5 Å². The predicted molar refractivity (Wildman–Crippen MR) is 300 cm³/mol. The van der Waals surface area contributed by atoms with Gasteiger partial charge in [-0.1, -0.05) is 248 Å². The maximum Gasteiger partial charge on any atom is 0.361 e. The van der Waals surface area contributed by atoms with Crippen molar-refractivity contribution in [1.29, 1.82) is 0 Å². The van der Waals surface area contributed by atoms with Crippen LogP contribution in [0, 0.1) is 0 Å². The Labute approximate surface area is 437 Å². The minimum Gasteiger partial charge on any atom is -0.477 e. The standard InChI is InChI=1S/C62H111NO8/c1-6-8-10-12-14-16-18-20-22-24-26-28-30-32-34-36-38-40-42-44-46-48-50-52-59(64)69-56-58(57-70-62(61(66)67)68-55-54-63(3,4)5)71-60(65)53-51-49-47-45-43-41-39-37-35-33-31-29-27-25-23-21-19-17-15-13-11-9-7-2/h9,11,15,17,21,23,27,29,33,35,58,62H,6-8,10,12-14,16,18-20,22,24-26,28,30-32,34,36-57H2,1-5H3/p+1/b11-9-,17-15-,23-21-,29-27-,35-33-. The van der Waals surface area contributed by atoms with Gasteiger partial charge in [-0.25, -0.2) is 4.79 Å². The molecule has 0 rings (SSSR count). The number of rotatable bonds is 54. The van der Waals surface area contributed by atoms with E-state index in [9.17, 15) is 19.5 Å². The summed E-state index contributed by atoms with van der Waals surface area (Å²) >= 11 is 0. The van der Waals surface area contributed by atoms with Crippen molar-refractivity contribution in [1.82, 2.24) is 0 Å². The second kappa shape index (κ2) is 53.3. The molecule has 0 aliphatic carbocycles. The molecule has 0 bridgehead atoms. The second-order valence-electron chi connectivity index (χ2n) is 20.9. The summed E-state index contributed by atoms with van der Waals surface area (Å²) in [5.74, 6) is -2.01. The van der Waals surface area contributed by atoms with Gasteiger partial charge in [0, 0.05) is 12.8 Å². The lowest BCUT2D eigenvalue weighted by molar-refractivity contribution is -0.870. The van der Waals surface area contributed by atoms with Crippen LogP contribution in [0.3, 0.4) is 0 Å². The van der Waals surface area contributed by atoms with Gasteiger partial charge in [-0.2, -0.15) is 0 Å². The first-order valence-electron chi connectivity index (χ1n) is 29.5. The maximum absolute atomic E-state index is 12.9. The number of hydrogen-bond donors (Lipinski definition) is 1. The fourth-order valence-electron chi connectivity index (χ4n) is 8.28. The van der Waals surface area contributed by atoms with Crippen LogP contribution in [0.5, 0.6) is 0 Å². The van der Waals surface area contributed by atoms with Crippen molar-refractivity contribution in [2.45, 2.75) is 270 Å². The van der Waals surface area contributed by atoms with Gasteiger partial charge in [0.05, 0.1) is 34.4 Å². The van der Waals surface area contributed by atoms with Gasteiger partial charge in [0.1, 0.15) is 13.2 Å².